The van der Waals surface area contributed by atoms with E-state index in [0.717, 1.165) is 26.2 Å². The smallest absolute Gasteiger partial charge is 0.237 e. The van der Waals surface area contributed by atoms with Gasteiger partial charge in [-0.2, -0.15) is 0 Å². The van der Waals surface area contributed by atoms with Crippen molar-refractivity contribution in [3.8, 4) is 0 Å². The van der Waals surface area contributed by atoms with E-state index in [0.29, 0.717) is 17.9 Å². The average molecular weight is 281 g/mol. The van der Waals surface area contributed by atoms with E-state index in [2.05, 4.69) is 36.3 Å². The number of carbonyl (C=O) groups excluding carboxylic acids is 1. The highest BCUT2D eigenvalue weighted by molar-refractivity contribution is 5.81. The van der Waals surface area contributed by atoms with E-state index < -0.39 is 0 Å². The first kappa shape index (κ1) is 15.8. The summed E-state index contributed by atoms with van der Waals surface area (Å²) in [4.78, 5) is 14.7. The number of nitrogens with one attached hydrogen (secondary N) is 2. The fourth-order valence-electron chi connectivity index (χ4n) is 3.01. The average Bonchev–Trinajstić information content (AvgIpc) is 3.27. The molecule has 0 aromatic heterocycles. The molecule has 4 heteroatoms. The zero-order valence-corrected chi connectivity index (χ0v) is 13.3. The van der Waals surface area contributed by atoms with Gasteiger partial charge in [0.25, 0.3) is 0 Å². The number of piperidine rings is 1. The van der Waals surface area contributed by atoms with Gasteiger partial charge in [-0.25, -0.2) is 0 Å². The van der Waals surface area contributed by atoms with Crippen LogP contribution in [0.3, 0.4) is 0 Å². The van der Waals surface area contributed by atoms with Crippen molar-refractivity contribution in [1.29, 1.82) is 0 Å². The topological polar surface area (TPSA) is 44.4 Å². The van der Waals surface area contributed by atoms with E-state index in [1.807, 2.05) is 0 Å². The molecule has 2 rings (SSSR count). The Morgan fingerprint density at radius 1 is 1.30 bits per heavy atom. The third kappa shape index (κ3) is 4.74. The van der Waals surface area contributed by atoms with Gasteiger partial charge in [0.15, 0.2) is 0 Å². The van der Waals surface area contributed by atoms with Gasteiger partial charge < -0.3 is 10.6 Å². The Morgan fingerprint density at radius 3 is 2.60 bits per heavy atom. The molecule has 0 aromatic carbocycles. The Kier molecular flexibility index (Phi) is 5.85. The number of hydrogen-bond donors (Lipinski definition) is 2. The zero-order chi connectivity index (χ0) is 14.5. The van der Waals surface area contributed by atoms with Crippen LogP contribution >= 0.6 is 0 Å². The Bertz CT molecular complexity index is 309. The molecule has 4 nitrogen and oxygen atoms in total. The monoisotopic (exact) mass is 281 g/mol. The first-order valence-corrected chi connectivity index (χ1v) is 8.32. The lowest BCUT2D eigenvalue weighted by atomic mass is 9.98. The standard InChI is InChI=1S/C16H31N3O/c1-12(2)9-18-16(20)13(3)19(15-6-7-15)11-14-5-4-8-17-10-14/h12-15,17H,4-11H2,1-3H3,(H,18,20). The van der Waals surface area contributed by atoms with Crippen molar-refractivity contribution in [2.45, 2.75) is 58.5 Å². The van der Waals surface area contributed by atoms with Crippen LogP contribution < -0.4 is 10.6 Å². The van der Waals surface area contributed by atoms with Crippen LogP contribution in [0.1, 0.15) is 46.5 Å². The fraction of sp³-hybridized carbons (Fsp3) is 0.938. The summed E-state index contributed by atoms with van der Waals surface area (Å²) in [6, 6.07) is 0.667. The minimum atomic E-state index is 0.0168. The van der Waals surface area contributed by atoms with Crippen molar-refractivity contribution in [2.24, 2.45) is 11.8 Å². The molecule has 2 fully saturated rings. The quantitative estimate of drug-likeness (QED) is 0.745. The zero-order valence-electron chi connectivity index (χ0n) is 13.3. The molecule has 1 saturated heterocycles. The van der Waals surface area contributed by atoms with E-state index in [1.165, 1.54) is 25.7 Å². The Morgan fingerprint density at radius 2 is 2.05 bits per heavy atom. The van der Waals surface area contributed by atoms with Crippen molar-refractivity contribution in [1.82, 2.24) is 15.5 Å². The van der Waals surface area contributed by atoms with Crippen LogP contribution in [-0.2, 0) is 4.79 Å². The van der Waals surface area contributed by atoms with Crippen LogP contribution in [0, 0.1) is 11.8 Å². The van der Waals surface area contributed by atoms with E-state index in [9.17, 15) is 4.79 Å². The highest BCUT2D eigenvalue weighted by Crippen LogP contribution is 2.30. The summed E-state index contributed by atoms with van der Waals surface area (Å²) in [7, 11) is 0. The van der Waals surface area contributed by atoms with Crippen LogP contribution in [-0.4, -0.2) is 49.1 Å². The molecule has 1 aliphatic carbocycles. The second-order valence-electron chi connectivity index (χ2n) is 6.96. The van der Waals surface area contributed by atoms with E-state index >= 15 is 0 Å². The molecule has 2 unspecified atom stereocenters. The maximum atomic E-state index is 12.3. The molecule has 0 aromatic rings. The van der Waals surface area contributed by atoms with E-state index in [4.69, 9.17) is 0 Å². The second kappa shape index (κ2) is 7.41. The lowest BCUT2D eigenvalue weighted by Gasteiger charge is -2.33. The van der Waals surface area contributed by atoms with Crippen LogP contribution in [0.4, 0.5) is 0 Å². The minimum Gasteiger partial charge on any atom is -0.354 e. The fourth-order valence-corrected chi connectivity index (χ4v) is 3.01. The third-order valence-electron chi connectivity index (χ3n) is 4.45. The minimum absolute atomic E-state index is 0.0168. The highest BCUT2D eigenvalue weighted by Gasteiger charge is 2.36. The Hall–Kier alpha value is -0.610. The normalized spacial score (nSPS) is 24.9. The number of hydrogen-bond acceptors (Lipinski definition) is 3. The molecule has 2 atom stereocenters. The molecular weight excluding hydrogens is 250 g/mol. The summed E-state index contributed by atoms with van der Waals surface area (Å²) in [5, 5.41) is 6.57. The molecule has 1 heterocycles. The summed E-state index contributed by atoms with van der Waals surface area (Å²) >= 11 is 0. The molecule has 20 heavy (non-hydrogen) atoms. The number of carbonyl (C=O) groups is 1. The Labute approximate surface area is 123 Å². The first-order valence-electron chi connectivity index (χ1n) is 8.32. The molecule has 0 radical (unpaired) electrons. The second-order valence-corrected chi connectivity index (χ2v) is 6.96. The molecule has 1 saturated carbocycles. The maximum Gasteiger partial charge on any atom is 0.237 e. The van der Waals surface area contributed by atoms with Gasteiger partial charge in [0.2, 0.25) is 5.91 Å². The van der Waals surface area contributed by atoms with Crippen molar-refractivity contribution in [3.63, 3.8) is 0 Å². The highest BCUT2D eigenvalue weighted by atomic mass is 16.2. The van der Waals surface area contributed by atoms with Gasteiger partial charge in [-0.05, 0) is 57.5 Å². The third-order valence-corrected chi connectivity index (χ3v) is 4.45. The molecule has 0 spiro atoms. The van der Waals surface area contributed by atoms with Crippen LogP contribution in [0.5, 0.6) is 0 Å². The number of nitrogens with zero attached hydrogens (tertiary/aromatic N) is 1. The summed E-state index contributed by atoms with van der Waals surface area (Å²) in [6.45, 7) is 10.5. The van der Waals surface area contributed by atoms with Gasteiger partial charge in [0.05, 0.1) is 6.04 Å². The van der Waals surface area contributed by atoms with E-state index in [-0.39, 0.29) is 11.9 Å². The van der Waals surface area contributed by atoms with Gasteiger partial charge in [-0.15, -0.1) is 0 Å². The molecule has 2 aliphatic rings. The summed E-state index contributed by atoms with van der Waals surface area (Å²) in [5.74, 6) is 1.43. The lowest BCUT2D eigenvalue weighted by Crippen LogP contribution is -2.50. The summed E-state index contributed by atoms with van der Waals surface area (Å²) in [5.41, 5.74) is 0. The van der Waals surface area contributed by atoms with Crippen LogP contribution in [0.25, 0.3) is 0 Å². The predicted octanol–water partition coefficient (Wildman–Crippen LogP) is 1.61. The van der Waals surface area contributed by atoms with Crippen molar-refractivity contribution >= 4 is 5.91 Å². The molecule has 0 bridgehead atoms. The van der Waals surface area contributed by atoms with Gasteiger partial charge in [-0.1, -0.05) is 13.8 Å². The van der Waals surface area contributed by atoms with Gasteiger partial charge in [-0.3, -0.25) is 9.69 Å². The molecule has 2 N–H and O–H groups in total. The van der Waals surface area contributed by atoms with Gasteiger partial charge >= 0.3 is 0 Å². The Balaban J connectivity index is 1.84. The largest absolute Gasteiger partial charge is 0.354 e. The van der Waals surface area contributed by atoms with Crippen molar-refractivity contribution in [3.05, 3.63) is 0 Å². The predicted molar refractivity (Wildman–Crippen MR) is 82.6 cm³/mol. The van der Waals surface area contributed by atoms with Gasteiger partial charge in [0, 0.05) is 19.1 Å². The summed E-state index contributed by atoms with van der Waals surface area (Å²) < 4.78 is 0. The van der Waals surface area contributed by atoms with Crippen molar-refractivity contribution in [2.75, 3.05) is 26.2 Å². The lowest BCUT2D eigenvalue weighted by molar-refractivity contribution is -0.126. The SMILES string of the molecule is CC(C)CNC(=O)C(C)N(CC1CCCNC1)C1CC1. The number of amides is 1. The van der Waals surface area contributed by atoms with Crippen molar-refractivity contribution < 1.29 is 4.79 Å². The molecule has 1 amide bonds. The first-order chi connectivity index (χ1) is 9.58. The molecule has 1 aliphatic heterocycles. The van der Waals surface area contributed by atoms with Crippen LogP contribution in [0.2, 0.25) is 0 Å². The molecular formula is C16H31N3O. The maximum absolute atomic E-state index is 12.3. The van der Waals surface area contributed by atoms with E-state index in [1.54, 1.807) is 0 Å². The summed E-state index contributed by atoms with van der Waals surface area (Å²) in [6.07, 6.45) is 5.11. The van der Waals surface area contributed by atoms with Gasteiger partial charge in [0.1, 0.15) is 0 Å². The van der Waals surface area contributed by atoms with Crippen LogP contribution in [0.15, 0.2) is 0 Å². The number of rotatable bonds is 7. The molecule has 116 valence electrons.